The minimum atomic E-state index is -0.355. The number of aryl methyl sites for hydroxylation is 2. The minimum Gasteiger partial charge on any atom is -0.308 e. The number of benzene rings is 1. The Morgan fingerprint density at radius 3 is 2.58 bits per heavy atom. The Kier molecular flexibility index (Phi) is 4.51. The van der Waals surface area contributed by atoms with Crippen molar-refractivity contribution in [1.82, 2.24) is 19.5 Å². The third-order valence-corrected chi connectivity index (χ3v) is 3.59. The van der Waals surface area contributed by atoms with E-state index in [1.54, 1.807) is 18.5 Å². The zero-order chi connectivity index (χ0) is 16.9. The third kappa shape index (κ3) is 3.57. The molecule has 0 aliphatic rings. The van der Waals surface area contributed by atoms with E-state index in [2.05, 4.69) is 32.5 Å². The first-order valence-corrected chi connectivity index (χ1v) is 7.65. The largest absolute Gasteiger partial charge is 0.324 e. The first-order valence-electron chi connectivity index (χ1n) is 7.65. The van der Waals surface area contributed by atoms with E-state index in [9.17, 15) is 4.79 Å². The monoisotopic (exact) mass is 322 g/mol. The summed E-state index contributed by atoms with van der Waals surface area (Å²) in [6.07, 6.45) is 5.86. The van der Waals surface area contributed by atoms with Crippen LogP contribution in [-0.4, -0.2) is 25.6 Å². The Hall–Kier alpha value is -3.22. The van der Waals surface area contributed by atoms with Gasteiger partial charge in [0.05, 0.1) is 0 Å². The molecular weight excluding hydrogens is 304 g/mol. The SMILES string of the molecule is CCc1ccc(NC(=O)Nc2cc(-n3ccnc3C)ncn2)cc1. The van der Waals surface area contributed by atoms with E-state index in [4.69, 9.17) is 0 Å². The van der Waals surface area contributed by atoms with Gasteiger partial charge in [-0.3, -0.25) is 9.88 Å². The molecule has 0 aliphatic heterocycles. The predicted molar refractivity (Wildman–Crippen MR) is 92.4 cm³/mol. The molecule has 2 N–H and O–H groups in total. The fourth-order valence-electron chi connectivity index (χ4n) is 2.27. The molecule has 0 saturated carbocycles. The van der Waals surface area contributed by atoms with Crippen molar-refractivity contribution in [3.05, 3.63) is 60.4 Å². The molecule has 0 spiro atoms. The quantitative estimate of drug-likeness (QED) is 0.772. The Labute approximate surface area is 139 Å². The molecule has 0 aliphatic carbocycles. The molecule has 0 atom stereocenters. The van der Waals surface area contributed by atoms with Gasteiger partial charge in [0.15, 0.2) is 0 Å². The van der Waals surface area contributed by atoms with E-state index in [1.807, 2.05) is 35.8 Å². The summed E-state index contributed by atoms with van der Waals surface area (Å²) in [5, 5.41) is 5.48. The highest BCUT2D eigenvalue weighted by Crippen LogP contribution is 2.13. The Balaban J connectivity index is 1.69. The fourth-order valence-corrected chi connectivity index (χ4v) is 2.27. The predicted octanol–water partition coefficient (Wildman–Crippen LogP) is 3.18. The molecule has 122 valence electrons. The zero-order valence-corrected chi connectivity index (χ0v) is 13.5. The van der Waals surface area contributed by atoms with Crippen molar-refractivity contribution in [3.63, 3.8) is 0 Å². The second kappa shape index (κ2) is 6.91. The van der Waals surface area contributed by atoms with E-state index in [1.165, 1.54) is 11.9 Å². The van der Waals surface area contributed by atoms with E-state index in [-0.39, 0.29) is 6.03 Å². The number of urea groups is 1. The van der Waals surface area contributed by atoms with Crippen molar-refractivity contribution in [2.45, 2.75) is 20.3 Å². The van der Waals surface area contributed by atoms with Gasteiger partial charge in [0.2, 0.25) is 0 Å². The van der Waals surface area contributed by atoms with Crippen LogP contribution in [0.1, 0.15) is 18.3 Å². The van der Waals surface area contributed by atoms with Gasteiger partial charge in [-0.15, -0.1) is 0 Å². The van der Waals surface area contributed by atoms with Gasteiger partial charge in [-0.2, -0.15) is 0 Å². The molecule has 24 heavy (non-hydrogen) atoms. The van der Waals surface area contributed by atoms with Crippen LogP contribution in [0.4, 0.5) is 16.3 Å². The molecule has 0 saturated heterocycles. The van der Waals surface area contributed by atoms with Crippen LogP contribution < -0.4 is 10.6 Å². The number of hydrogen-bond acceptors (Lipinski definition) is 4. The number of aromatic nitrogens is 4. The lowest BCUT2D eigenvalue weighted by Crippen LogP contribution is -2.20. The molecule has 2 amide bonds. The van der Waals surface area contributed by atoms with Gasteiger partial charge in [-0.25, -0.2) is 19.7 Å². The summed E-state index contributed by atoms with van der Waals surface area (Å²) in [5.41, 5.74) is 1.95. The maximum Gasteiger partial charge on any atom is 0.324 e. The molecular formula is C17H18N6O. The van der Waals surface area contributed by atoms with Gasteiger partial charge in [0, 0.05) is 24.1 Å². The lowest BCUT2D eigenvalue weighted by atomic mass is 10.1. The van der Waals surface area contributed by atoms with Gasteiger partial charge < -0.3 is 5.32 Å². The minimum absolute atomic E-state index is 0.355. The molecule has 0 bridgehead atoms. The van der Waals surface area contributed by atoms with Crippen molar-refractivity contribution in [3.8, 4) is 5.82 Å². The standard InChI is InChI=1S/C17H18N6O/c1-3-13-4-6-14(7-5-13)21-17(24)22-15-10-16(20-11-19-15)23-9-8-18-12(23)2/h4-11H,3H2,1-2H3,(H2,19,20,21,22,24). The molecule has 2 heterocycles. The van der Waals surface area contributed by atoms with E-state index < -0.39 is 0 Å². The first-order chi connectivity index (χ1) is 11.7. The summed E-state index contributed by atoms with van der Waals surface area (Å²) in [4.78, 5) is 24.5. The van der Waals surface area contributed by atoms with Gasteiger partial charge in [-0.1, -0.05) is 19.1 Å². The van der Waals surface area contributed by atoms with Crippen LogP contribution in [0.15, 0.2) is 49.1 Å². The number of amides is 2. The topological polar surface area (TPSA) is 84.7 Å². The normalized spacial score (nSPS) is 10.4. The molecule has 3 rings (SSSR count). The Morgan fingerprint density at radius 2 is 1.92 bits per heavy atom. The molecule has 3 aromatic rings. The summed E-state index contributed by atoms with van der Waals surface area (Å²) in [6.45, 7) is 3.96. The fraction of sp³-hybridized carbons (Fsp3) is 0.176. The zero-order valence-electron chi connectivity index (χ0n) is 13.5. The van der Waals surface area contributed by atoms with Crippen LogP contribution in [0.5, 0.6) is 0 Å². The number of carbonyl (C=O) groups excluding carboxylic acids is 1. The molecule has 2 aromatic heterocycles. The maximum atomic E-state index is 12.1. The highest BCUT2D eigenvalue weighted by Gasteiger charge is 2.07. The van der Waals surface area contributed by atoms with Crippen LogP contribution in [0.25, 0.3) is 5.82 Å². The van der Waals surface area contributed by atoms with Crippen LogP contribution in [-0.2, 0) is 6.42 Å². The van der Waals surface area contributed by atoms with Crippen molar-refractivity contribution >= 4 is 17.5 Å². The Bertz CT molecular complexity index is 840. The van der Waals surface area contributed by atoms with Crippen LogP contribution >= 0.6 is 0 Å². The van der Waals surface area contributed by atoms with Gasteiger partial charge in [-0.05, 0) is 31.0 Å². The van der Waals surface area contributed by atoms with Crippen LogP contribution in [0, 0.1) is 6.92 Å². The third-order valence-electron chi connectivity index (χ3n) is 3.59. The summed E-state index contributed by atoms with van der Waals surface area (Å²) in [6, 6.07) is 9.05. The number of nitrogens with zero attached hydrogens (tertiary/aromatic N) is 4. The summed E-state index contributed by atoms with van der Waals surface area (Å²) in [7, 11) is 0. The number of anilines is 2. The van der Waals surface area contributed by atoms with Crippen molar-refractivity contribution in [1.29, 1.82) is 0 Å². The van der Waals surface area contributed by atoms with E-state index >= 15 is 0 Å². The highest BCUT2D eigenvalue weighted by molar-refractivity contribution is 5.99. The average molecular weight is 322 g/mol. The van der Waals surface area contributed by atoms with E-state index in [0.29, 0.717) is 11.6 Å². The first kappa shape index (κ1) is 15.7. The number of carbonyl (C=O) groups is 1. The van der Waals surface area contributed by atoms with Gasteiger partial charge >= 0.3 is 6.03 Å². The highest BCUT2D eigenvalue weighted by atomic mass is 16.2. The molecule has 0 fully saturated rings. The van der Waals surface area contributed by atoms with Crippen molar-refractivity contribution in [2.75, 3.05) is 10.6 Å². The van der Waals surface area contributed by atoms with Gasteiger partial charge in [0.25, 0.3) is 0 Å². The lowest BCUT2D eigenvalue weighted by molar-refractivity contribution is 0.262. The van der Waals surface area contributed by atoms with Crippen LogP contribution in [0.3, 0.4) is 0 Å². The van der Waals surface area contributed by atoms with Gasteiger partial charge in [0.1, 0.15) is 23.8 Å². The summed E-state index contributed by atoms with van der Waals surface area (Å²) < 4.78 is 1.81. The maximum absolute atomic E-state index is 12.1. The number of nitrogens with one attached hydrogen (secondary N) is 2. The van der Waals surface area contributed by atoms with Crippen LogP contribution in [0.2, 0.25) is 0 Å². The molecule has 7 heteroatoms. The molecule has 0 unspecified atom stereocenters. The number of hydrogen-bond donors (Lipinski definition) is 2. The molecule has 1 aromatic carbocycles. The smallest absolute Gasteiger partial charge is 0.308 e. The summed E-state index contributed by atoms with van der Waals surface area (Å²) in [5.74, 6) is 1.86. The van der Waals surface area contributed by atoms with Crippen molar-refractivity contribution in [2.24, 2.45) is 0 Å². The van der Waals surface area contributed by atoms with E-state index in [0.717, 1.165) is 17.9 Å². The lowest BCUT2D eigenvalue weighted by Gasteiger charge is -2.09. The molecule has 0 radical (unpaired) electrons. The Morgan fingerprint density at radius 1 is 1.12 bits per heavy atom. The second-order valence-corrected chi connectivity index (χ2v) is 5.24. The number of rotatable bonds is 4. The van der Waals surface area contributed by atoms with Crippen molar-refractivity contribution < 1.29 is 4.79 Å². The number of imidazole rings is 1. The average Bonchev–Trinajstić information content (AvgIpc) is 3.02. The summed E-state index contributed by atoms with van der Waals surface area (Å²) >= 11 is 0. The second-order valence-electron chi connectivity index (χ2n) is 5.24. The molecule has 7 nitrogen and oxygen atoms in total.